The third-order valence-corrected chi connectivity index (χ3v) is 4.42. The lowest BCUT2D eigenvalue weighted by molar-refractivity contribution is 0.158. The molecule has 0 unspecified atom stereocenters. The number of likely N-dealkylation sites (tertiary alicyclic amines) is 1. The van der Waals surface area contributed by atoms with E-state index in [0.29, 0.717) is 11.3 Å². The Morgan fingerprint density at radius 2 is 2.27 bits per heavy atom. The van der Waals surface area contributed by atoms with Crippen LogP contribution in [0.5, 0.6) is 0 Å². The van der Waals surface area contributed by atoms with Gasteiger partial charge < -0.3 is 9.64 Å². The number of benzene rings is 1. The monoisotopic (exact) mass is 301 g/mol. The number of rotatable bonds is 5. The van der Waals surface area contributed by atoms with Gasteiger partial charge in [0.25, 0.3) is 5.56 Å². The molecule has 1 aromatic carbocycles. The third kappa shape index (κ3) is 3.20. The van der Waals surface area contributed by atoms with Gasteiger partial charge in [-0.2, -0.15) is 0 Å². The van der Waals surface area contributed by atoms with Gasteiger partial charge in [-0.25, -0.2) is 4.98 Å². The van der Waals surface area contributed by atoms with Crippen molar-refractivity contribution in [1.82, 2.24) is 14.5 Å². The number of hydrogen-bond donors (Lipinski definition) is 0. The van der Waals surface area contributed by atoms with Crippen molar-refractivity contribution < 1.29 is 4.74 Å². The van der Waals surface area contributed by atoms with E-state index in [2.05, 4.69) is 9.88 Å². The summed E-state index contributed by atoms with van der Waals surface area (Å²) in [5.74, 6) is 0.513. The zero-order valence-corrected chi connectivity index (χ0v) is 13.3. The summed E-state index contributed by atoms with van der Waals surface area (Å²) in [5.41, 5.74) is 1.98. The number of aromatic nitrogens is 2. The summed E-state index contributed by atoms with van der Waals surface area (Å²) in [6, 6.07) is 5.82. The van der Waals surface area contributed by atoms with E-state index in [0.717, 1.165) is 50.3 Å². The van der Waals surface area contributed by atoms with Gasteiger partial charge in [-0.15, -0.1) is 0 Å². The maximum Gasteiger partial charge on any atom is 0.261 e. The van der Waals surface area contributed by atoms with E-state index in [9.17, 15) is 4.79 Å². The molecule has 1 saturated heterocycles. The molecule has 0 aliphatic carbocycles. The molecule has 1 atom stereocenters. The third-order valence-electron chi connectivity index (χ3n) is 4.42. The lowest BCUT2D eigenvalue weighted by Crippen LogP contribution is -2.28. The van der Waals surface area contributed by atoms with Gasteiger partial charge in [0, 0.05) is 26.7 Å². The highest BCUT2D eigenvalue weighted by atomic mass is 16.5. The summed E-state index contributed by atoms with van der Waals surface area (Å²) < 4.78 is 6.89. The van der Waals surface area contributed by atoms with Crippen LogP contribution in [0.15, 0.2) is 29.3 Å². The Kier molecular flexibility index (Phi) is 4.55. The molecule has 5 nitrogen and oxygen atoms in total. The Bertz CT molecular complexity index is 711. The van der Waals surface area contributed by atoms with Crippen LogP contribution in [0.2, 0.25) is 0 Å². The zero-order valence-electron chi connectivity index (χ0n) is 13.3. The Morgan fingerprint density at radius 3 is 3.09 bits per heavy atom. The first-order valence-corrected chi connectivity index (χ1v) is 7.84. The molecule has 1 fully saturated rings. The van der Waals surface area contributed by atoms with Gasteiger partial charge in [0.1, 0.15) is 0 Å². The normalized spacial score (nSPS) is 19.1. The highest BCUT2D eigenvalue weighted by Crippen LogP contribution is 2.17. The number of ether oxygens (including phenoxy) is 1. The molecule has 1 aliphatic rings. The summed E-state index contributed by atoms with van der Waals surface area (Å²) in [5, 5.41) is 0.710. The van der Waals surface area contributed by atoms with Crippen LogP contribution in [0, 0.1) is 12.8 Å². The summed E-state index contributed by atoms with van der Waals surface area (Å²) in [4.78, 5) is 19.4. The van der Waals surface area contributed by atoms with Crippen LogP contribution in [0.1, 0.15) is 12.0 Å². The van der Waals surface area contributed by atoms with Crippen LogP contribution in [0.3, 0.4) is 0 Å². The Balaban J connectivity index is 1.73. The van der Waals surface area contributed by atoms with Crippen LogP contribution in [-0.4, -0.2) is 47.8 Å². The van der Waals surface area contributed by atoms with Crippen molar-refractivity contribution in [2.75, 3.05) is 33.4 Å². The molecule has 2 heterocycles. The molecule has 1 aromatic heterocycles. The summed E-state index contributed by atoms with van der Waals surface area (Å²) in [6.45, 7) is 6.62. The van der Waals surface area contributed by atoms with Gasteiger partial charge >= 0.3 is 0 Å². The Hall–Kier alpha value is -1.72. The summed E-state index contributed by atoms with van der Waals surface area (Å²) >= 11 is 0. The van der Waals surface area contributed by atoms with Gasteiger partial charge in [0.15, 0.2) is 0 Å². The highest BCUT2D eigenvalue weighted by molar-refractivity contribution is 5.77. The van der Waals surface area contributed by atoms with Crippen LogP contribution in [-0.2, 0) is 11.3 Å². The number of nitrogens with zero attached hydrogens (tertiary/aromatic N) is 3. The molecule has 0 amide bonds. The number of aryl methyl sites for hydroxylation is 1. The summed E-state index contributed by atoms with van der Waals surface area (Å²) in [6.07, 6.45) is 2.82. The number of fused-ring (bicyclic) bond motifs is 1. The second-order valence-electron chi connectivity index (χ2n) is 6.17. The maximum atomic E-state index is 12.6. The first-order chi connectivity index (χ1) is 10.7. The van der Waals surface area contributed by atoms with Gasteiger partial charge in [-0.1, -0.05) is 6.07 Å². The first kappa shape index (κ1) is 15.2. The molecular weight excluding hydrogens is 278 g/mol. The molecule has 22 heavy (non-hydrogen) atoms. The van der Waals surface area contributed by atoms with Crippen molar-refractivity contribution in [3.8, 4) is 0 Å². The lowest BCUT2D eigenvalue weighted by Gasteiger charge is -2.16. The predicted molar refractivity (Wildman–Crippen MR) is 87.2 cm³/mol. The topological polar surface area (TPSA) is 47.4 Å². The smallest absolute Gasteiger partial charge is 0.261 e. The highest BCUT2D eigenvalue weighted by Gasteiger charge is 2.22. The minimum atomic E-state index is 0.0698. The molecule has 1 aliphatic heterocycles. The molecule has 2 aromatic rings. The van der Waals surface area contributed by atoms with Crippen molar-refractivity contribution >= 4 is 10.9 Å². The van der Waals surface area contributed by atoms with Crippen molar-refractivity contribution in [3.63, 3.8) is 0 Å². The van der Waals surface area contributed by atoms with Crippen molar-refractivity contribution in [2.24, 2.45) is 5.92 Å². The minimum absolute atomic E-state index is 0.0698. The van der Waals surface area contributed by atoms with Crippen molar-refractivity contribution in [3.05, 3.63) is 40.4 Å². The van der Waals surface area contributed by atoms with E-state index in [1.165, 1.54) is 0 Å². The molecule has 0 saturated carbocycles. The first-order valence-electron chi connectivity index (χ1n) is 7.84. The maximum absolute atomic E-state index is 12.6. The molecule has 0 bridgehead atoms. The van der Waals surface area contributed by atoms with Crippen LogP contribution < -0.4 is 5.56 Å². The van der Waals surface area contributed by atoms with Crippen LogP contribution in [0.4, 0.5) is 0 Å². The zero-order chi connectivity index (χ0) is 15.5. The average Bonchev–Trinajstić information content (AvgIpc) is 2.95. The van der Waals surface area contributed by atoms with Gasteiger partial charge in [0.2, 0.25) is 0 Å². The van der Waals surface area contributed by atoms with Crippen LogP contribution >= 0.6 is 0 Å². The van der Waals surface area contributed by atoms with E-state index in [-0.39, 0.29) is 5.56 Å². The van der Waals surface area contributed by atoms with Gasteiger partial charge in [-0.05, 0) is 43.5 Å². The Morgan fingerprint density at radius 1 is 1.41 bits per heavy atom. The lowest BCUT2D eigenvalue weighted by atomic mass is 10.1. The Labute approximate surface area is 130 Å². The second kappa shape index (κ2) is 6.58. The van der Waals surface area contributed by atoms with Crippen LogP contribution in [0.25, 0.3) is 10.9 Å². The molecule has 0 radical (unpaired) electrons. The molecule has 0 N–H and O–H groups in total. The van der Waals surface area contributed by atoms with Crippen molar-refractivity contribution in [1.29, 1.82) is 0 Å². The standard InChI is InChI=1S/C17H23N3O2/c1-13-3-4-15-16(9-13)18-12-20(17(15)21)11-14-5-6-19(10-14)7-8-22-2/h3-4,9,12,14H,5-8,10-11H2,1-2H3/t14-/m1/s1. The average molecular weight is 301 g/mol. The van der Waals surface area contributed by atoms with E-state index in [1.807, 2.05) is 25.1 Å². The molecule has 118 valence electrons. The largest absolute Gasteiger partial charge is 0.383 e. The summed E-state index contributed by atoms with van der Waals surface area (Å²) in [7, 11) is 1.73. The SMILES string of the molecule is COCCN1CC[C@@H](Cn2cnc3cc(C)ccc3c2=O)C1. The quantitative estimate of drug-likeness (QED) is 0.843. The van der Waals surface area contributed by atoms with Gasteiger partial charge in [0.05, 0.1) is 23.8 Å². The number of hydrogen-bond acceptors (Lipinski definition) is 4. The fourth-order valence-corrected chi connectivity index (χ4v) is 3.16. The predicted octanol–water partition coefficient (Wildman–Crippen LogP) is 1.67. The van der Waals surface area contributed by atoms with E-state index >= 15 is 0 Å². The van der Waals surface area contributed by atoms with Gasteiger partial charge in [-0.3, -0.25) is 9.36 Å². The molecule has 0 spiro atoms. The fourth-order valence-electron chi connectivity index (χ4n) is 3.16. The molecule has 5 heteroatoms. The fraction of sp³-hybridized carbons (Fsp3) is 0.529. The van der Waals surface area contributed by atoms with Crippen molar-refractivity contribution in [2.45, 2.75) is 19.9 Å². The minimum Gasteiger partial charge on any atom is -0.383 e. The van der Waals surface area contributed by atoms with E-state index < -0.39 is 0 Å². The molecule has 3 rings (SSSR count). The molecular formula is C17H23N3O2. The van der Waals surface area contributed by atoms with E-state index in [4.69, 9.17) is 4.74 Å². The second-order valence-corrected chi connectivity index (χ2v) is 6.17. The van der Waals surface area contributed by atoms with E-state index in [1.54, 1.807) is 18.0 Å². The number of methoxy groups -OCH3 is 1.